The fourth-order valence-corrected chi connectivity index (χ4v) is 1.65. The second-order valence-corrected chi connectivity index (χ2v) is 5.23. The monoisotopic (exact) mass is 291 g/mol. The van der Waals surface area contributed by atoms with Gasteiger partial charge in [-0.25, -0.2) is 0 Å². The Hall–Kier alpha value is -2.37. The van der Waals surface area contributed by atoms with Gasteiger partial charge in [0.2, 0.25) is 5.91 Å². The van der Waals surface area contributed by atoms with Crippen LogP contribution in [-0.4, -0.2) is 24.3 Å². The molecular formula is C15H21N3O3. The predicted octanol–water partition coefficient (Wildman–Crippen LogP) is 0.815. The minimum atomic E-state index is -0.707. The van der Waals surface area contributed by atoms with Crippen molar-refractivity contribution in [3.05, 3.63) is 29.8 Å². The average Bonchev–Trinajstić information content (AvgIpc) is 2.39. The van der Waals surface area contributed by atoms with Gasteiger partial charge in [-0.3, -0.25) is 14.4 Å². The lowest BCUT2D eigenvalue weighted by Gasteiger charge is -2.08. The molecular weight excluding hydrogens is 270 g/mol. The van der Waals surface area contributed by atoms with Gasteiger partial charge in [-0.1, -0.05) is 26.0 Å². The number of primary amides is 1. The second-order valence-electron chi connectivity index (χ2n) is 5.23. The van der Waals surface area contributed by atoms with Crippen molar-refractivity contribution in [2.75, 3.05) is 11.9 Å². The molecule has 0 aliphatic carbocycles. The molecule has 1 aromatic carbocycles. The Balaban J connectivity index is 2.46. The van der Waals surface area contributed by atoms with E-state index in [2.05, 4.69) is 10.6 Å². The normalized spacial score (nSPS) is 10.2. The number of nitrogens with two attached hydrogens (primary N) is 1. The van der Waals surface area contributed by atoms with Crippen LogP contribution in [0.15, 0.2) is 24.3 Å². The summed E-state index contributed by atoms with van der Waals surface area (Å²) < 4.78 is 0. The molecule has 114 valence electrons. The van der Waals surface area contributed by atoms with E-state index in [1.807, 2.05) is 13.8 Å². The zero-order valence-electron chi connectivity index (χ0n) is 12.3. The third-order valence-electron chi connectivity index (χ3n) is 2.80. The number of hydrogen-bond acceptors (Lipinski definition) is 3. The van der Waals surface area contributed by atoms with Crippen molar-refractivity contribution in [2.45, 2.75) is 26.7 Å². The smallest absolute Gasteiger partial charge is 0.313 e. The van der Waals surface area contributed by atoms with Gasteiger partial charge in [0.25, 0.3) is 0 Å². The topological polar surface area (TPSA) is 101 Å². The van der Waals surface area contributed by atoms with Gasteiger partial charge in [-0.15, -0.1) is 0 Å². The largest absolute Gasteiger partial charge is 0.369 e. The van der Waals surface area contributed by atoms with Crippen LogP contribution in [0.4, 0.5) is 5.69 Å². The molecule has 0 aliphatic heterocycles. The summed E-state index contributed by atoms with van der Waals surface area (Å²) in [5.41, 5.74) is 6.33. The third kappa shape index (κ3) is 6.56. The first-order chi connectivity index (χ1) is 9.88. The first-order valence-electron chi connectivity index (χ1n) is 6.85. The van der Waals surface area contributed by atoms with Gasteiger partial charge >= 0.3 is 11.8 Å². The summed E-state index contributed by atoms with van der Waals surface area (Å²) in [6.07, 6.45) is 0.963. The first kappa shape index (κ1) is 16.7. The Morgan fingerprint density at radius 2 is 1.71 bits per heavy atom. The summed E-state index contributed by atoms with van der Waals surface area (Å²) in [5.74, 6) is -1.32. The molecule has 0 unspecified atom stereocenters. The lowest BCUT2D eigenvalue weighted by molar-refractivity contribution is -0.136. The molecule has 0 spiro atoms. The molecule has 4 N–H and O–H groups in total. The van der Waals surface area contributed by atoms with E-state index in [4.69, 9.17) is 5.73 Å². The number of rotatable bonds is 6. The number of carbonyl (C=O) groups excluding carboxylic acids is 3. The highest BCUT2D eigenvalue weighted by Crippen LogP contribution is 2.09. The average molecular weight is 291 g/mol. The van der Waals surface area contributed by atoms with Crippen LogP contribution < -0.4 is 16.4 Å². The van der Waals surface area contributed by atoms with Crippen molar-refractivity contribution in [3.63, 3.8) is 0 Å². The lowest BCUT2D eigenvalue weighted by Crippen LogP contribution is -2.36. The van der Waals surface area contributed by atoms with Crippen molar-refractivity contribution in [3.8, 4) is 0 Å². The molecule has 6 nitrogen and oxygen atoms in total. The van der Waals surface area contributed by atoms with Crippen LogP contribution in [0.25, 0.3) is 0 Å². The summed E-state index contributed by atoms with van der Waals surface area (Å²) in [6, 6.07) is 6.60. The van der Waals surface area contributed by atoms with E-state index in [9.17, 15) is 14.4 Å². The van der Waals surface area contributed by atoms with Crippen LogP contribution in [0, 0.1) is 5.92 Å². The van der Waals surface area contributed by atoms with Crippen LogP contribution >= 0.6 is 0 Å². The van der Waals surface area contributed by atoms with E-state index in [1.54, 1.807) is 24.3 Å². The van der Waals surface area contributed by atoms with Gasteiger partial charge in [-0.2, -0.15) is 0 Å². The fraction of sp³-hybridized carbons (Fsp3) is 0.400. The van der Waals surface area contributed by atoms with Crippen LogP contribution in [0.5, 0.6) is 0 Å². The molecule has 0 heterocycles. The fourth-order valence-electron chi connectivity index (χ4n) is 1.65. The Kier molecular flexibility index (Phi) is 6.39. The summed E-state index contributed by atoms with van der Waals surface area (Å²) in [7, 11) is 0. The zero-order chi connectivity index (χ0) is 15.8. The quantitative estimate of drug-likeness (QED) is 0.676. The van der Waals surface area contributed by atoms with Gasteiger partial charge in [0, 0.05) is 12.2 Å². The molecule has 0 radical (unpaired) electrons. The van der Waals surface area contributed by atoms with E-state index in [1.165, 1.54) is 0 Å². The molecule has 0 atom stereocenters. The minimum absolute atomic E-state index is 0.143. The number of carbonyl (C=O) groups is 3. The summed E-state index contributed by atoms with van der Waals surface area (Å²) in [4.78, 5) is 34.0. The highest BCUT2D eigenvalue weighted by molar-refractivity contribution is 6.39. The minimum Gasteiger partial charge on any atom is -0.369 e. The van der Waals surface area contributed by atoms with Crippen molar-refractivity contribution in [1.29, 1.82) is 0 Å². The molecule has 0 saturated carbocycles. The van der Waals surface area contributed by atoms with Gasteiger partial charge in [0.1, 0.15) is 0 Å². The van der Waals surface area contributed by atoms with Gasteiger partial charge in [0.05, 0.1) is 6.42 Å². The third-order valence-corrected chi connectivity index (χ3v) is 2.80. The van der Waals surface area contributed by atoms with Crippen molar-refractivity contribution in [2.24, 2.45) is 11.7 Å². The predicted molar refractivity (Wildman–Crippen MR) is 80.4 cm³/mol. The maximum Gasteiger partial charge on any atom is 0.313 e. The number of amides is 3. The highest BCUT2D eigenvalue weighted by atomic mass is 16.2. The van der Waals surface area contributed by atoms with E-state index in [-0.39, 0.29) is 6.42 Å². The van der Waals surface area contributed by atoms with Gasteiger partial charge in [0.15, 0.2) is 0 Å². The van der Waals surface area contributed by atoms with Crippen molar-refractivity contribution < 1.29 is 14.4 Å². The van der Waals surface area contributed by atoms with Crippen LogP contribution in [-0.2, 0) is 20.8 Å². The molecule has 1 rings (SSSR count). The van der Waals surface area contributed by atoms with Crippen molar-refractivity contribution in [1.82, 2.24) is 5.32 Å². The van der Waals surface area contributed by atoms with E-state index in [0.29, 0.717) is 18.2 Å². The van der Waals surface area contributed by atoms with Crippen molar-refractivity contribution >= 4 is 23.4 Å². The Bertz CT molecular complexity index is 509. The number of nitrogens with one attached hydrogen (secondary N) is 2. The summed E-state index contributed by atoms with van der Waals surface area (Å²) in [6.45, 7) is 4.56. The van der Waals surface area contributed by atoms with E-state index >= 15 is 0 Å². The molecule has 1 aromatic rings. The van der Waals surface area contributed by atoms with Crippen LogP contribution in [0.2, 0.25) is 0 Å². The number of benzene rings is 1. The standard InChI is InChI=1S/C15H21N3O3/c1-10(2)7-8-17-14(20)15(21)18-12-5-3-11(4-6-12)9-13(16)19/h3-6,10H,7-9H2,1-2H3,(H2,16,19)(H,17,20)(H,18,21). The van der Waals surface area contributed by atoms with Gasteiger partial charge in [-0.05, 0) is 30.0 Å². The Labute approximate surface area is 124 Å². The maximum absolute atomic E-state index is 11.7. The van der Waals surface area contributed by atoms with E-state index in [0.717, 1.165) is 12.0 Å². The summed E-state index contributed by atoms with van der Waals surface area (Å²) in [5, 5.41) is 5.05. The molecule has 21 heavy (non-hydrogen) atoms. The molecule has 0 aliphatic rings. The molecule has 0 saturated heterocycles. The second kappa shape index (κ2) is 8.04. The molecule has 3 amide bonds. The lowest BCUT2D eigenvalue weighted by atomic mass is 10.1. The van der Waals surface area contributed by atoms with Crippen LogP contribution in [0.3, 0.4) is 0 Å². The van der Waals surface area contributed by atoms with E-state index < -0.39 is 17.7 Å². The SMILES string of the molecule is CC(C)CCNC(=O)C(=O)Nc1ccc(CC(N)=O)cc1. The first-order valence-corrected chi connectivity index (χ1v) is 6.85. The number of anilines is 1. The summed E-state index contributed by atoms with van der Waals surface area (Å²) >= 11 is 0. The molecule has 6 heteroatoms. The zero-order valence-corrected chi connectivity index (χ0v) is 12.3. The Morgan fingerprint density at radius 1 is 1.10 bits per heavy atom. The van der Waals surface area contributed by atoms with Crippen LogP contribution in [0.1, 0.15) is 25.8 Å². The molecule has 0 fully saturated rings. The number of hydrogen-bond donors (Lipinski definition) is 3. The molecule has 0 aromatic heterocycles. The highest BCUT2D eigenvalue weighted by Gasteiger charge is 2.13. The maximum atomic E-state index is 11.7. The van der Waals surface area contributed by atoms with Gasteiger partial charge < -0.3 is 16.4 Å². The Morgan fingerprint density at radius 3 is 2.24 bits per heavy atom. The molecule has 0 bridgehead atoms.